The van der Waals surface area contributed by atoms with Crippen LogP contribution < -0.4 is 24.8 Å². The van der Waals surface area contributed by atoms with Crippen molar-refractivity contribution in [2.24, 2.45) is 17.8 Å². The maximum absolute atomic E-state index is 15.1. The Kier molecular flexibility index (Phi) is 12.6. The minimum absolute atomic E-state index is 0.0237. The highest BCUT2D eigenvalue weighted by atomic mass is 32.2. The number of carbonyl (C=O) groups is 6. The topological polar surface area (TPSA) is 220 Å². The van der Waals surface area contributed by atoms with Crippen LogP contribution in [-0.2, 0) is 45.2 Å². The average Bonchev–Trinajstić information content (AvgIpc) is 4.00. The number of hydrogen-bond acceptors (Lipinski definition) is 12. The first kappa shape index (κ1) is 44.7. The molecule has 2 saturated heterocycles. The molecule has 7 aliphatic rings. The number of carbonyl (C=O) groups excluding carboxylic acids is 6. The van der Waals surface area contributed by atoms with Crippen LogP contribution in [0.4, 0.5) is 4.79 Å². The Hall–Kier alpha value is -5.52. The van der Waals surface area contributed by atoms with E-state index in [0.717, 1.165) is 38.5 Å². The van der Waals surface area contributed by atoms with Gasteiger partial charge in [-0.25, -0.2) is 18.2 Å². The number of fused-ring (bicyclic) bond motifs is 5. The largest absolute Gasteiger partial charge is 0.491 e. The summed E-state index contributed by atoms with van der Waals surface area (Å²) in [6, 6.07) is 5.19. The van der Waals surface area contributed by atoms with Crippen LogP contribution in [0.15, 0.2) is 49.1 Å². The monoisotopic (exact) mass is 914 g/mol. The molecule has 4 saturated carbocycles. The van der Waals surface area contributed by atoms with Gasteiger partial charge in [0.25, 0.3) is 5.91 Å². The number of ether oxygens (including phenoxy) is 3. The third-order valence-corrected chi connectivity index (χ3v) is 16.3. The number of pyridine rings is 1. The summed E-state index contributed by atoms with van der Waals surface area (Å²) >= 11 is 0. The molecule has 2 bridgehead atoms. The first-order valence-electron chi connectivity index (χ1n) is 23.3. The highest BCUT2D eigenvalue weighted by Crippen LogP contribution is 2.46. The van der Waals surface area contributed by atoms with E-state index in [-0.39, 0.29) is 81.0 Å². The van der Waals surface area contributed by atoms with E-state index in [1.807, 2.05) is 30.3 Å². The Bertz CT molecular complexity index is 2380. The lowest BCUT2D eigenvalue weighted by Gasteiger charge is -2.32. The molecule has 2 aromatic rings. The number of hydrogen-bond donors (Lipinski definition) is 3. The fourth-order valence-corrected chi connectivity index (χ4v) is 11.9. The summed E-state index contributed by atoms with van der Waals surface area (Å²) in [4.78, 5) is 89.8. The number of alkyl carbamates (subject to hydrolysis) is 1. The van der Waals surface area contributed by atoms with Crippen LogP contribution in [0, 0.1) is 17.8 Å². The molecule has 0 unspecified atom stereocenters. The molecule has 348 valence electrons. The van der Waals surface area contributed by atoms with E-state index >= 15 is 4.79 Å². The van der Waals surface area contributed by atoms with Crippen molar-refractivity contribution in [3.8, 4) is 11.6 Å². The Morgan fingerprint density at radius 1 is 0.954 bits per heavy atom. The molecule has 3 N–H and O–H groups in total. The Morgan fingerprint density at radius 3 is 2.45 bits per heavy atom. The standard InChI is InChI=1S/C47H58N6O11S/c1-2-30-26-47(30,45(58)51-65(60,61)32-19-20-32)50-42(56)36-25-31-27-53(36)44(57)40(29-12-6-7-13-29)49-46(59)64-37-18-10-14-28(37)11-4-3-5-16-34-41(62-24-23-52-38(54)21-22-39(52)55)33-15-8-9-17-35(33)48-43(34)63-31/h2-3,5,8-9,15,17,28-32,36-37,40H,1,4,6-7,10-14,16,18-27H2,(H,49,59)(H,50,56)(H,51,58)/b5-3-/t28-,30-,31-,36+,37-,40+,47-/m1/s1. The maximum Gasteiger partial charge on any atom is 0.408 e. The Balaban J connectivity index is 1.07. The summed E-state index contributed by atoms with van der Waals surface area (Å²) in [5.41, 5.74) is -0.444. The average molecular weight is 915 g/mol. The van der Waals surface area contributed by atoms with Crippen LogP contribution in [0.3, 0.4) is 0 Å². The number of allylic oxidation sites excluding steroid dienone is 2. The van der Waals surface area contributed by atoms with Gasteiger partial charge in [0.05, 0.1) is 29.4 Å². The molecule has 9 rings (SSSR count). The smallest absolute Gasteiger partial charge is 0.408 e. The van der Waals surface area contributed by atoms with Crippen LogP contribution in [-0.4, -0.2) is 114 Å². The van der Waals surface area contributed by atoms with E-state index in [0.29, 0.717) is 60.7 Å². The van der Waals surface area contributed by atoms with Crippen molar-refractivity contribution >= 4 is 56.6 Å². The molecule has 7 atom stereocenters. The van der Waals surface area contributed by atoms with Crippen molar-refractivity contribution in [2.75, 3.05) is 19.7 Å². The number of rotatable bonds is 11. The fraction of sp³-hybridized carbons (Fsp3) is 0.596. The first-order valence-corrected chi connectivity index (χ1v) is 24.9. The third-order valence-electron chi connectivity index (χ3n) is 14.4. The zero-order chi connectivity index (χ0) is 45.5. The molecule has 0 radical (unpaired) electrons. The summed E-state index contributed by atoms with van der Waals surface area (Å²) in [5.74, 6) is -2.47. The van der Waals surface area contributed by atoms with E-state index in [2.05, 4.69) is 28.0 Å². The highest BCUT2D eigenvalue weighted by Gasteiger charge is 2.62. The lowest BCUT2D eigenvalue weighted by atomic mass is 9.96. The van der Waals surface area contributed by atoms with Crippen molar-refractivity contribution in [1.82, 2.24) is 30.1 Å². The van der Waals surface area contributed by atoms with Crippen molar-refractivity contribution in [3.05, 3.63) is 54.6 Å². The van der Waals surface area contributed by atoms with Gasteiger partial charge in [0, 0.05) is 30.6 Å². The number of imide groups is 1. The van der Waals surface area contributed by atoms with E-state index in [1.165, 1.54) is 15.9 Å². The van der Waals surface area contributed by atoms with Crippen LogP contribution in [0.25, 0.3) is 10.9 Å². The first-order chi connectivity index (χ1) is 31.3. The summed E-state index contributed by atoms with van der Waals surface area (Å²) in [7, 11) is -3.95. The van der Waals surface area contributed by atoms with Crippen molar-refractivity contribution in [1.29, 1.82) is 0 Å². The van der Waals surface area contributed by atoms with Gasteiger partial charge in [-0.3, -0.25) is 33.6 Å². The predicted molar refractivity (Wildman–Crippen MR) is 236 cm³/mol. The lowest BCUT2D eigenvalue weighted by Crippen LogP contribution is -2.59. The summed E-state index contributed by atoms with van der Waals surface area (Å²) in [6.45, 7) is 3.83. The molecular weight excluding hydrogens is 857 g/mol. The molecule has 18 heteroatoms. The van der Waals surface area contributed by atoms with Gasteiger partial charge in [-0.05, 0) is 94.6 Å². The van der Waals surface area contributed by atoms with Crippen LogP contribution >= 0.6 is 0 Å². The van der Waals surface area contributed by atoms with E-state index < -0.39 is 68.7 Å². The summed E-state index contributed by atoms with van der Waals surface area (Å²) in [5, 5.41) is 5.81. The fourth-order valence-electron chi connectivity index (χ4n) is 10.6. The molecule has 3 aliphatic heterocycles. The summed E-state index contributed by atoms with van der Waals surface area (Å²) in [6.07, 6.45) is 12.5. The second-order valence-corrected chi connectivity index (χ2v) is 20.7. The van der Waals surface area contributed by atoms with Gasteiger partial charge in [-0.15, -0.1) is 6.58 Å². The molecular formula is C47H58N6O11S. The Labute approximate surface area is 378 Å². The zero-order valence-electron chi connectivity index (χ0n) is 36.5. The molecule has 4 heterocycles. The number of para-hydroxylation sites is 1. The minimum Gasteiger partial charge on any atom is -0.491 e. The molecule has 6 amide bonds. The number of sulfonamides is 1. The van der Waals surface area contributed by atoms with Crippen LogP contribution in [0.2, 0.25) is 0 Å². The summed E-state index contributed by atoms with van der Waals surface area (Å²) < 4.78 is 47.3. The number of nitrogens with one attached hydrogen (secondary N) is 3. The van der Waals surface area contributed by atoms with Crippen molar-refractivity contribution in [3.63, 3.8) is 0 Å². The normalized spacial score (nSPS) is 30.3. The van der Waals surface area contributed by atoms with E-state index in [1.54, 1.807) is 0 Å². The lowest BCUT2D eigenvalue weighted by molar-refractivity contribution is -0.142. The zero-order valence-corrected chi connectivity index (χ0v) is 37.4. The van der Waals surface area contributed by atoms with Gasteiger partial charge in [-0.2, -0.15) is 0 Å². The molecule has 17 nitrogen and oxygen atoms in total. The molecule has 6 fully saturated rings. The molecule has 1 aromatic carbocycles. The number of aromatic nitrogens is 1. The molecule has 4 aliphatic carbocycles. The highest BCUT2D eigenvalue weighted by molar-refractivity contribution is 7.91. The molecule has 65 heavy (non-hydrogen) atoms. The van der Waals surface area contributed by atoms with Gasteiger partial charge >= 0.3 is 6.09 Å². The van der Waals surface area contributed by atoms with E-state index in [9.17, 15) is 32.4 Å². The molecule has 0 spiro atoms. The number of amides is 6. The number of likely N-dealkylation sites (tertiary alicyclic amines) is 1. The SMILES string of the molecule is C=C[C@@H]1C[C@]1(NC(=O)[C@@H]1C[C@@H]2CN1C(=O)[C@H](C1CCCC1)NC(=O)O[C@@H]1CCC[C@H]1CC/C=C\Cc1c(nc3ccccc3c1OCCN1C(=O)CCC1=O)O2)C(=O)NS(=O)(=O)C1CC1. The molecule has 1 aromatic heterocycles. The van der Waals surface area contributed by atoms with Gasteiger partial charge < -0.3 is 29.7 Å². The van der Waals surface area contributed by atoms with Gasteiger partial charge in [0.1, 0.15) is 42.2 Å². The van der Waals surface area contributed by atoms with Crippen molar-refractivity contribution < 1.29 is 51.4 Å². The quantitative estimate of drug-likeness (QED) is 0.214. The third kappa shape index (κ3) is 9.32. The predicted octanol–water partition coefficient (Wildman–Crippen LogP) is 4.13. The number of nitrogens with zero attached hydrogens (tertiary/aromatic N) is 3. The van der Waals surface area contributed by atoms with Gasteiger partial charge in [0.15, 0.2) is 0 Å². The second kappa shape index (κ2) is 18.4. The second-order valence-electron chi connectivity index (χ2n) is 18.7. The van der Waals surface area contributed by atoms with Crippen molar-refractivity contribution in [2.45, 2.75) is 138 Å². The maximum atomic E-state index is 15.1. The van der Waals surface area contributed by atoms with Crippen LogP contribution in [0.5, 0.6) is 11.6 Å². The van der Waals surface area contributed by atoms with Crippen LogP contribution in [0.1, 0.15) is 102 Å². The van der Waals surface area contributed by atoms with Gasteiger partial charge in [0.2, 0.25) is 39.5 Å². The Morgan fingerprint density at radius 2 is 1.71 bits per heavy atom. The number of benzene rings is 1. The minimum atomic E-state index is -3.95. The van der Waals surface area contributed by atoms with E-state index in [4.69, 9.17) is 19.2 Å². The van der Waals surface area contributed by atoms with Gasteiger partial charge in [-0.1, -0.05) is 43.2 Å².